The van der Waals surface area contributed by atoms with Crippen LogP contribution >= 0.6 is 11.6 Å². The van der Waals surface area contributed by atoms with Crippen molar-refractivity contribution >= 4 is 11.6 Å². The van der Waals surface area contributed by atoms with Gasteiger partial charge in [0, 0.05) is 11.1 Å². The summed E-state index contributed by atoms with van der Waals surface area (Å²) < 4.78 is 16.8. The molecule has 7 heteroatoms. The van der Waals surface area contributed by atoms with Gasteiger partial charge >= 0.3 is 0 Å². The molecule has 2 heterocycles. The normalized spacial score (nSPS) is 19.4. The largest absolute Gasteiger partial charge is 0.418 e. The van der Waals surface area contributed by atoms with Crippen molar-refractivity contribution in [1.82, 2.24) is 10.2 Å². The van der Waals surface area contributed by atoms with Crippen molar-refractivity contribution in [1.29, 1.82) is 0 Å². The summed E-state index contributed by atoms with van der Waals surface area (Å²) in [5, 5.41) is 17.2. The number of aliphatic hydroxyl groups is 1. The Morgan fingerprint density at radius 3 is 2.87 bits per heavy atom. The molecule has 23 heavy (non-hydrogen) atoms. The monoisotopic (exact) mass is 334 g/mol. The van der Waals surface area contributed by atoms with Crippen LogP contribution in [0.15, 0.2) is 22.6 Å². The van der Waals surface area contributed by atoms with Gasteiger partial charge < -0.3 is 19.0 Å². The summed E-state index contributed by atoms with van der Waals surface area (Å²) in [5.41, 5.74) is 1.31. The van der Waals surface area contributed by atoms with Crippen LogP contribution in [0.5, 0.6) is 0 Å². The van der Waals surface area contributed by atoms with E-state index in [9.17, 15) is 0 Å². The van der Waals surface area contributed by atoms with E-state index in [1.165, 1.54) is 0 Å². The van der Waals surface area contributed by atoms with E-state index in [-0.39, 0.29) is 12.7 Å². The molecule has 0 aliphatic carbocycles. The SMILES string of the molecule is CC1(C)OC[C@H](c2nnc(-c3ccc(C#CCO)c(Cl)c3)o2)O1. The third-order valence-corrected chi connectivity index (χ3v) is 3.56. The molecule has 1 aliphatic heterocycles. The van der Waals surface area contributed by atoms with Gasteiger partial charge in [-0.2, -0.15) is 0 Å². The molecular formula is C16H15ClN2O4. The Labute approximate surface area is 138 Å². The summed E-state index contributed by atoms with van der Waals surface area (Å²) >= 11 is 6.17. The Kier molecular flexibility index (Phi) is 4.37. The first-order valence-electron chi connectivity index (χ1n) is 7.03. The van der Waals surface area contributed by atoms with Crippen molar-refractivity contribution in [2.24, 2.45) is 0 Å². The smallest absolute Gasteiger partial charge is 0.248 e. The quantitative estimate of drug-likeness (QED) is 0.850. The lowest BCUT2D eigenvalue weighted by molar-refractivity contribution is -0.141. The second-order valence-electron chi connectivity index (χ2n) is 5.42. The van der Waals surface area contributed by atoms with Gasteiger partial charge in [-0.3, -0.25) is 0 Å². The summed E-state index contributed by atoms with van der Waals surface area (Å²) in [4.78, 5) is 0. The van der Waals surface area contributed by atoms with E-state index in [2.05, 4.69) is 22.0 Å². The van der Waals surface area contributed by atoms with Crippen LogP contribution in [-0.2, 0) is 9.47 Å². The first kappa shape index (κ1) is 16.0. The lowest BCUT2D eigenvalue weighted by Gasteiger charge is -2.15. The lowest BCUT2D eigenvalue weighted by atomic mass is 10.1. The molecule has 0 saturated carbocycles. The highest BCUT2D eigenvalue weighted by atomic mass is 35.5. The molecular weight excluding hydrogens is 320 g/mol. The minimum atomic E-state index is -0.657. The second-order valence-corrected chi connectivity index (χ2v) is 5.82. The van der Waals surface area contributed by atoms with Gasteiger partial charge in [-0.15, -0.1) is 10.2 Å². The van der Waals surface area contributed by atoms with Crippen LogP contribution in [0.3, 0.4) is 0 Å². The summed E-state index contributed by atoms with van der Waals surface area (Å²) in [6.45, 7) is 3.81. The van der Waals surface area contributed by atoms with E-state index < -0.39 is 5.79 Å². The maximum Gasteiger partial charge on any atom is 0.248 e. The predicted octanol–water partition coefficient (Wildman–Crippen LogP) is 2.56. The van der Waals surface area contributed by atoms with Gasteiger partial charge in [0.1, 0.15) is 6.61 Å². The van der Waals surface area contributed by atoms with Crippen molar-refractivity contribution in [3.63, 3.8) is 0 Å². The standard InChI is InChI=1S/C16H15ClN2O4/c1-16(2)21-9-13(23-16)15-19-18-14(22-15)11-6-5-10(4-3-7-20)12(17)8-11/h5-6,8,13,20H,7,9H2,1-2H3/t13-/m1/s1. The Morgan fingerprint density at radius 1 is 1.39 bits per heavy atom. The zero-order valence-corrected chi connectivity index (χ0v) is 13.4. The van der Waals surface area contributed by atoms with Gasteiger partial charge in [0.15, 0.2) is 11.9 Å². The lowest BCUT2D eigenvalue weighted by Crippen LogP contribution is -2.19. The summed E-state index contributed by atoms with van der Waals surface area (Å²) in [7, 11) is 0. The van der Waals surface area contributed by atoms with Crippen LogP contribution in [-0.4, -0.2) is 34.3 Å². The van der Waals surface area contributed by atoms with Crippen LogP contribution in [0, 0.1) is 11.8 Å². The number of hydrogen-bond donors (Lipinski definition) is 1. The highest BCUT2D eigenvalue weighted by molar-refractivity contribution is 6.32. The van der Waals surface area contributed by atoms with Crippen molar-refractivity contribution < 1.29 is 19.0 Å². The van der Waals surface area contributed by atoms with Crippen molar-refractivity contribution in [3.05, 3.63) is 34.7 Å². The zero-order valence-electron chi connectivity index (χ0n) is 12.7. The fourth-order valence-electron chi connectivity index (χ4n) is 2.17. The topological polar surface area (TPSA) is 77.6 Å². The number of ether oxygens (including phenoxy) is 2. The molecule has 0 radical (unpaired) electrons. The second kappa shape index (κ2) is 6.30. The molecule has 1 aliphatic rings. The number of halogens is 1. The minimum absolute atomic E-state index is 0.217. The number of aliphatic hydroxyl groups excluding tert-OH is 1. The van der Waals surface area contributed by atoms with Gasteiger partial charge in [0.2, 0.25) is 11.8 Å². The van der Waals surface area contributed by atoms with Gasteiger partial charge in [0.05, 0.1) is 11.6 Å². The van der Waals surface area contributed by atoms with Crippen LogP contribution in [0.1, 0.15) is 31.4 Å². The van der Waals surface area contributed by atoms with E-state index in [1.54, 1.807) is 18.2 Å². The third kappa shape index (κ3) is 3.54. The molecule has 1 saturated heterocycles. The summed E-state index contributed by atoms with van der Waals surface area (Å²) in [6, 6.07) is 5.21. The molecule has 2 aromatic rings. The Hall–Kier alpha value is -1.91. The fraction of sp³-hybridized carbons (Fsp3) is 0.375. The van der Waals surface area contributed by atoms with E-state index >= 15 is 0 Å². The van der Waals surface area contributed by atoms with E-state index in [0.29, 0.717) is 34.5 Å². The average molecular weight is 335 g/mol. The van der Waals surface area contributed by atoms with Crippen molar-refractivity contribution in [3.8, 4) is 23.3 Å². The molecule has 1 N–H and O–H groups in total. The number of aromatic nitrogens is 2. The highest BCUT2D eigenvalue weighted by Gasteiger charge is 2.36. The summed E-state index contributed by atoms with van der Waals surface area (Å²) in [6.07, 6.45) is -0.378. The first-order chi connectivity index (χ1) is 11.0. The zero-order chi connectivity index (χ0) is 16.4. The average Bonchev–Trinajstić information content (AvgIpc) is 3.12. The Morgan fingerprint density at radius 2 is 2.22 bits per heavy atom. The molecule has 0 amide bonds. The van der Waals surface area contributed by atoms with Crippen LogP contribution in [0.2, 0.25) is 5.02 Å². The molecule has 0 bridgehead atoms. The molecule has 120 valence electrons. The summed E-state index contributed by atoms with van der Waals surface area (Å²) in [5.74, 6) is 5.37. The van der Waals surface area contributed by atoms with Crippen LogP contribution in [0.25, 0.3) is 11.5 Å². The van der Waals surface area contributed by atoms with E-state index in [4.69, 9.17) is 30.6 Å². The molecule has 1 aromatic carbocycles. The number of benzene rings is 1. The number of hydrogen-bond acceptors (Lipinski definition) is 6. The van der Waals surface area contributed by atoms with Crippen molar-refractivity contribution in [2.45, 2.75) is 25.7 Å². The first-order valence-corrected chi connectivity index (χ1v) is 7.41. The number of nitrogens with zero attached hydrogens (tertiary/aromatic N) is 2. The van der Waals surface area contributed by atoms with Crippen LogP contribution < -0.4 is 0 Å². The molecule has 1 fully saturated rings. The number of rotatable bonds is 2. The van der Waals surface area contributed by atoms with E-state index in [0.717, 1.165) is 0 Å². The van der Waals surface area contributed by atoms with E-state index in [1.807, 2.05) is 13.8 Å². The molecule has 1 aromatic heterocycles. The van der Waals surface area contributed by atoms with Crippen molar-refractivity contribution in [2.75, 3.05) is 13.2 Å². The molecule has 0 unspecified atom stereocenters. The van der Waals surface area contributed by atoms with Crippen LogP contribution in [0.4, 0.5) is 0 Å². The molecule has 6 nitrogen and oxygen atoms in total. The maximum absolute atomic E-state index is 8.72. The van der Waals surface area contributed by atoms with Gasteiger partial charge in [0.25, 0.3) is 0 Å². The third-order valence-electron chi connectivity index (χ3n) is 3.24. The fourth-order valence-corrected chi connectivity index (χ4v) is 2.40. The van der Waals surface area contributed by atoms with Gasteiger partial charge in [-0.05, 0) is 32.0 Å². The molecule has 1 atom stereocenters. The predicted molar refractivity (Wildman–Crippen MR) is 82.6 cm³/mol. The Bertz CT molecular complexity index is 776. The maximum atomic E-state index is 8.72. The van der Waals surface area contributed by atoms with Gasteiger partial charge in [-0.25, -0.2) is 0 Å². The van der Waals surface area contributed by atoms with Gasteiger partial charge in [-0.1, -0.05) is 23.4 Å². The minimum Gasteiger partial charge on any atom is -0.418 e. The molecule has 3 rings (SSSR count). The Balaban J connectivity index is 1.82. The highest BCUT2D eigenvalue weighted by Crippen LogP contribution is 2.33. The molecule has 0 spiro atoms.